The zero-order valence-corrected chi connectivity index (χ0v) is 9.44. The van der Waals surface area contributed by atoms with Crippen LogP contribution in [-0.4, -0.2) is 12.6 Å². The summed E-state index contributed by atoms with van der Waals surface area (Å²) >= 11 is 0. The van der Waals surface area contributed by atoms with Crippen LogP contribution in [0, 0.1) is 17.1 Å². The highest BCUT2D eigenvalue weighted by Gasteiger charge is 2.01. The Kier molecular flexibility index (Phi) is 4.89. The molecule has 88 valence electrons. The lowest BCUT2D eigenvalue weighted by Crippen LogP contribution is -1.98. The summed E-state index contributed by atoms with van der Waals surface area (Å²) in [5, 5.41) is 8.47. The van der Waals surface area contributed by atoms with E-state index in [4.69, 9.17) is 5.26 Å². The van der Waals surface area contributed by atoms with Crippen molar-refractivity contribution in [2.75, 3.05) is 6.61 Å². The maximum Gasteiger partial charge on any atom is 0.330 e. The molecule has 4 heteroatoms. The standard InChI is InChI=1S/C13H12FNO2/c1-2-17-13(16)6-5-11-4-3-10(7-8-15)9-12(11)14/h3-6,9H,2,7H2,1H3. The largest absolute Gasteiger partial charge is 0.463 e. The molecule has 0 aliphatic rings. The van der Waals surface area contributed by atoms with Crippen LogP contribution in [0.15, 0.2) is 24.3 Å². The summed E-state index contributed by atoms with van der Waals surface area (Å²) in [6, 6.07) is 6.40. The van der Waals surface area contributed by atoms with Crippen molar-refractivity contribution in [3.05, 3.63) is 41.2 Å². The van der Waals surface area contributed by atoms with Crippen LogP contribution in [0.25, 0.3) is 6.08 Å². The van der Waals surface area contributed by atoms with Crippen LogP contribution in [0.2, 0.25) is 0 Å². The lowest BCUT2D eigenvalue weighted by molar-refractivity contribution is -0.137. The molecule has 0 saturated heterocycles. The molecule has 0 bridgehead atoms. The average Bonchev–Trinajstić information content (AvgIpc) is 2.29. The van der Waals surface area contributed by atoms with Gasteiger partial charge in [-0.2, -0.15) is 5.26 Å². The molecule has 0 fully saturated rings. The third-order valence-corrected chi connectivity index (χ3v) is 2.03. The maximum absolute atomic E-state index is 13.5. The van der Waals surface area contributed by atoms with Crippen molar-refractivity contribution in [3.63, 3.8) is 0 Å². The molecule has 17 heavy (non-hydrogen) atoms. The van der Waals surface area contributed by atoms with E-state index >= 15 is 0 Å². The van der Waals surface area contributed by atoms with Gasteiger partial charge in [0, 0.05) is 11.6 Å². The fourth-order valence-corrected chi connectivity index (χ4v) is 1.26. The van der Waals surface area contributed by atoms with Gasteiger partial charge in [0.1, 0.15) is 5.82 Å². The van der Waals surface area contributed by atoms with Gasteiger partial charge in [-0.15, -0.1) is 0 Å². The Morgan fingerprint density at radius 2 is 2.35 bits per heavy atom. The SMILES string of the molecule is CCOC(=O)C=Cc1ccc(CC#N)cc1F. The molecule has 0 aromatic heterocycles. The molecular weight excluding hydrogens is 221 g/mol. The summed E-state index contributed by atoms with van der Waals surface area (Å²) < 4.78 is 18.2. The van der Waals surface area contributed by atoms with Gasteiger partial charge in [0.15, 0.2) is 0 Å². The summed E-state index contributed by atoms with van der Waals surface area (Å²) in [7, 11) is 0. The molecule has 1 aromatic carbocycles. The Bertz CT molecular complexity index is 475. The number of nitrogens with zero attached hydrogens (tertiary/aromatic N) is 1. The minimum Gasteiger partial charge on any atom is -0.463 e. The molecule has 0 N–H and O–H groups in total. The molecule has 0 atom stereocenters. The number of nitriles is 1. The normalized spacial score (nSPS) is 10.2. The first-order chi connectivity index (χ1) is 8.17. The molecule has 1 aromatic rings. The molecule has 3 nitrogen and oxygen atoms in total. The quantitative estimate of drug-likeness (QED) is 0.593. The van der Waals surface area contributed by atoms with E-state index in [0.717, 1.165) is 0 Å². The van der Waals surface area contributed by atoms with E-state index < -0.39 is 11.8 Å². The Morgan fingerprint density at radius 1 is 1.59 bits per heavy atom. The molecule has 0 aliphatic carbocycles. The number of rotatable bonds is 4. The van der Waals surface area contributed by atoms with Crippen LogP contribution < -0.4 is 0 Å². The van der Waals surface area contributed by atoms with E-state index in [1.165, 1.54) is 24.3 Å². The second-order valence-electron chi connectivity index (χ2n) is 3.28. The summed E-state index contributed by atoms with van der Waals surface area (Å²) in [4.78, 5) is 11.0. The number of carbonyl (C=O) groups is 1. The highest BCUT2D eigenvalue weighted by molar-refractivity contribution is 5.87. The van der Waals surface area contributed by atoms with Crippen LogP contribution in [0.1, 0.15) is 18.1 Å². The van der Waals surface area contributed by atoms with Crippen LogP contribution in [0.5, 0.6) is 0 Å². The minimum atomic E-state index is -0.506. The Labute approximate surface area is 99.1 Å². The molecule has 0 heterocycles. The van der Waals surface area contributed by atoms with Gasteiger partial charge in [-0.05, 0) is 24.6 Å². The first-order valence-corrected chi connectivity index (χ1v) is 5.17. The lowest BCUT2D eigenvalue weighted by Gasteiger charge is -2.00. The summed E-state index contributed by atoms with van der Waals surface area (Å²) in [6.07, 6.45) is 2.69. The Morgan fingerprint density at radius 3 is 2.94 bits per heavy atom. The second-order valence-corrected chi connectivity index (χ2v) is 3.28. The van der Waals surface area contributed by atoms with E-state index in [1.807, 2.05) is 6.07 Å². The van der Waals surface area contributed by atoms with Gasteiger partial charge in [0.2, 0.25) is 0 Å². The molecular formula is C13H12FNO2. The average molecular weight is 233 g/mol. The van der Waals surface area contributed by atoms with E-state index in [-0.39, 0.29) is 13.0 Å². The molecule has 0 spiro atoms. The van der Waals surface area contributed by atoms with Crippen molar-refractivity contribution in [1.82, 2.24) is 0 Å². The zero-order chi connectivity index (χ0) is 12.7. The van der Waals surface area contributed by atoms with Crippen molar-refractivity contribution in [1.29, 1.82) is 5.26 Å². The Hall–Kier alpha value is -2.15. The number of hydrogen-bond acceptors (Lipinski definition) is 3. The molecule has 0 aliphatic heterocycles. The number of benzene rings is 1. The van der Waals surface area contributed by atoms with Gasteiger partial charge in [0.05, 0.1) is 19.1 Å². The summed E-state index contributed by atoms with van der Waals surface area (Å²) in [6.45, 7) is 1.98. The number of ether oxygens (including phenoxy) is 1. The molecule has 0 radical (unpaired) electrons. The van der Waals surface area contributed by atoms with Crippen molar-refractivity contribution in [2.24, 2.45) is 0 Å². The topological polar surface area (TPSA) is 50.1 Å². The van der Waals surface area contributed by atoms with Crippen molar-refractivity contribution < 1.29 is 13.9 Å². The van der Waals surface area contributed by atoms with E-state index in [2.05, 4.69) is 4.74 Å². The molecule has 0 amide bonds. The highest BCUT2D eigenvalue weighted by atomic mass is 19.1. The highest BCUT2D eigenvalue weighted by Crippen LogP contribution is 2.12. The first-order valence-electron chi connectivity index (χ1n) is 5.17. The number of hydrogen-bond donors (Lipinski definition) is 0. The molecule has 1 rings (SSSR count). The van der Waals surface area contributed by atoms with Gasteiger partial charge >= 0.3 is 5.97 Å². The van der Waals surface area contributed by atoms with Gasteiger partial charge in [-0.3, -0.25) is 0 Å². The van der Waals surface area contributed by atoms with Gasteiger partial charge in [-0.25, -0.2) is 9.18 Å². The summed E-state index contributed by atoms with van der Waals surface area (Å²) in [5.41, 5.74) is 0.901. The van der Waals surface area contributed by atoms with E-state index in [1.54, 1.807) is 13.0 Å². The van der Waals surface area contributed by atoms with Crippen LogP contribution in [0.3, 0.4) is 0 Å². The molecule has 0 unspecified atom stereocenters. The fourth-order valence-electron chi connectivity index (χ4n) is 1.26. The van der Waals surface area contributed by atoms with E-state index in [0.29, 0.717) is 11.1 Å². The minimum absolute atomic E-state index is 0.165. The zero-order valence-electron chi connectivity index (χ0n) is 9.44. The monoisotopic (exact) mass is 233 g/mol. The first kappa shape index (κ1) is 12.9. The van der Waals surface area contributed by atoms with E-state index in [9.17, 15) is 9.18 Å². The third-order valence-electron chi connectivity index (χ3n) is 2.03. The van der Waals surface area contributed by atoms with Crippen molar-refractivity contribution >= 4 is 12.0 Å². The smallest absolute Gasteiger partial charge is 0.330 e. The third kappa shape index (κ3) is 4.07. The van der Waals surface area contributed by atoms with Gasteiger partial charge in [0.25, 0.3) is 0 Å². The fraction of sp³-hybridized carbons (Fsp3) is 0.231. The molecule has 0 saturated carbocycles. The van der Waals surface area contributed by atoms with Crippen LogP contribution in [-0.2, 0) is 16.0 Å². The van der Waals surface area contributed by atoms with Gasteiger partial charge in [-0.1, -0.05) is 12.1 Å². The predicted molar refractivity (Wildman–Crippen MR) is 61.4 cm³/mol. The Balaban J connectivity index is 2.79. The second kappa shape index (κ2) is 6.44. The number of esters is 1. The lowest BCUT2D eigenvalue weighted by atomic mass is 10.1. The van der Waals surface area contributed by atoms with Crippen molar-refractivity contribution in [2.45, 2.75) is 13.3 Å². The number of halogens is 1. The predicted octanol–water partition coefficient (Wildman–Crippen LogP) is 2.47. The van der Waals surface area contributed by atoms with Crippen LogP contribution >= 0.6 is 0 Å². The summed E-state index contributed by atoms with van der Waals surface area (Å²) in [5.74, 6) is -0.966. The van der Waals surface area contributed by atoms with Crippen LogP contribution in [0.4, 0.5) is 4.39 Å². The van der Waals surface area contributed by atoms with Gasteiger partial charge < -0.3 is 4.74 Å². The number of carbonyl (C=O) groups excluding carboxylic acids is 1. The maximum atomic E-state index is 13.5. The van der Waals surface area contributed by atoms with Crippen molar-refractivity contribution in [3.8, 4) is 6.07 Å².